The fraction of sp³-hybridized carbons (Fsp3) is 0.429. The van der Waals surface area contributed by atoms with Crippen molar-refractivity contribution in [2.75, 3.05) is 13.1 Å². The number of aryl methyl sites for hydroxylation is 2. The number of benzene rings is 1. The van der Waals surface area contributed by atoms with Crippen LogP contribution in [0.25, 0.3) is 17.0 Å². The zero-order chi connectivity index (χ0) is 20.0. The van der Waals surface area contributed by atoms with Crippen LogP contribution in [-0.4, -0.2) is 33.5 Å². The van der Waals surface area contributed by atoms with Crippen molar-refractivity contribution in [1.82, 2.24) is 14.5 Å². The summed E-state index contributed by atoms with van der Waals surface area (Å²) >= 11 is 12.5. The smallest absolute Gasteiger partial charge is 0.261 e. The summed E-state index contributed by atoms with van der Waals surface area (Å²) in [4.78, 5) is 15.3. The van der Waals surface area contributed by atoms with Crippen LogP contribution in [0.15, 0.2) is 22.6 Å². The molecule has 1 aromatic carbocycles. The fourth-order valence-electron chi connectivity index (χ4n) is 3.64. The Morgan fingerprint density at radius 1 is 1.32 bits per heavy atom. The molecule has 0 unspecified atom stereocenters. The Morgan fingerprint density at radius 2 is 2.07 bits per heavy atom. The number of aromatic nitrogens is 2. The number of carbonyl (C=O) groups is 1. The number of amides is 1. The van der Waals surface area contributed by atoms with Gasteiger partial charge in [0.2, 0.25) is 5.71 Å². The van der Waals surface area contributed by atoms with Crippen molar-refractivity contribution in [3.8, 4) is 11.3 Å². The van der Waals surface area contributed by atoms with Gasteiger partial charge < -0.3 is 9.32 Å². The molecule has 1 amide bonds. The van der Waals surface area contributed by atoms with Gasteiger partial charge in [-0.25, -0.2) is 0 Å². The Morgan fingerprint density at radius 3 is 2.71 bits per heavy atom. The number of halogens is 2. The SMILES string of the molecule is CCCN(CC1CC1)C(=O)c1c(C)nn2c(-c3ccc(Cl)cc3Cl)c(C)oc12. The molecular formula is C21H23Cl2N3O2. The maximum atomic E-state index is 13.3. The van der Waals surface area contributed by atoms with Gasteiger partial charge in [-0.05, 0) is 57.2 Å². The Hall–Kier alpha value is -1.98. The first-order valence-corrected chi connectivity index (χ1v) is 10.4. The Kier molecular flexibility index (Phi) is 5.15. The highest BCUT2D eigenvalue weighted by Gasteiger charge is 2.31. The van der Waals surface area contributed by atoms with E-state index in [1.165, 1.54) is 12.8 Å². The van der Waals surface area contributed by atoms with Crippen LogP contribution in [-0.2, 0) is 0 Å². The van der Waals surface area contributed by atoms with Gasteiger partial charge in [-0.1, -0.05) is 30.1 Å². The first kappa shape index (κ1) is 19.3. The van der Waals surface area contributed by atoms with Crippen molar-refractivity contribution in [3.05, 3.63) is 45.3 Å². The van der Waals surface area contributed by atoms with E-state index in [0.29, 0.717) is 38.7 Å². The summed E-state index contributed by atoms with van der Waals surface area (Å²) < 4.78 is 7.71. The van der Waals surface area contributed by atoms with E-state index in [9.17, 15) is 4.79 Å². The fourth-order valence-corrected chi connectivity index (χ4v) is 4.14. The van der Waals surface area contributed by atoms with Crippen LogP contribution in [0, 0.1) is 19.8 Å². The standard InChI is InChI=1S/C21H23Cl2N3O2/c1-4-9-25(11-14-5-6-14)20(27)18-12(2)24-26-19(13(3)28-21(18)26)16-8-7-15(22)10-17(16)23/h7-8,10,14H,4-6,9,11H2,1-3H3. The Balaban J connectivity index is 1.80. The van der Waals surface area contributed by atoms with E-state index >= 15 is 0 Å². The van der Waals surface area contributed by atoms with Crippen molar-refractivity contribution in [3.63, 3.8) is 0 Å². The molecule has 0 saturated heterocycles. The molecule has 5 nitrogen and oxygen atoms in total. The number of fused-ring (bicyclic) bond motifs is 1. The van der Waals surface area contributed by atoms with E-state index in [-0.39, 0.29) is 5.91 Å². The zero-order valence-corrected chi connectivity index (χ0v) is 17.8. The van der Waals surface area contributed by atoms with Gasteiger partial charge in [-0.3, -0.25) is 4.79 Å². The molecule has 3 aromatic rings. The van der Waals surface area contributed by atoms with Crippen molar-refractivity contribution in [2.24, 2.45) is 5.92 Å². The lowest BCUT2D eigenvalue weighted by atomic mass is 10.1. The summed E-state index contributed by atoms with van der Waals surface area (Å²) in [5.74, 6) is 1.28. The normalized spacial score (nSPS) is 14.0. The minimum absolute atomic E-state index is 0.0104. The summed E-state index contributed by atoms with van der Waals surface area (Å²) in [6.07, 6.45) is 3.33. The topological polar surface area (TPSA) is 50.8 Å². The van der Waals surface area contributed by atoms with Gasteiger partial charge in [0.15, 0.2) is 0 Å². The molecule has 1 saturated carbocycles. The molecule has 4 rings (SSSR count). The Bertz CT molecular complexity index is 1050. The highest BCUT2D eigenvalue weighted by Crippen LogP contribution is 2.36. The monoisotopic (exact) mass is 419 g/mol. The number of hydrogen-bond donors (Lipinski definition) is 0. The van der Waals surface area contributed by atoms with Crippen molar-refractivity contribution < 1.29 is 9.21 Å². The van der Waals surface area contributed by atoms with Gasteiger partial charge >= 0.3 is 0 Å². The van der Waals surface area contributed by atoms with Gasteiger partial charge in [0.25, 0.3) is 5.91 Å². The molecule has 0 radical (unpaired) electrons. The third-order valence-corrected chi connectivity index (χ3v) is 5.72. The Labute approximate surface area is 174 Å². The molecule has 148 valence electrons. The minimum atomic E-state index is -0.0104. The lowest BCUT2D eigenvalue weighted by Gasteiger charge is -2.21. The van der Waals surface area contributed by atoms with Crippen LogP contribution in [0.3, 0.4) is 0 Å². The maximum absolute atomic E-state index is 13.3. The van der Waals surface area contributed by atoms with Crippen molar-refractivity contribution in [2.45, 2.75) is 40.0 Å². The average molecular weight is 420 g/mol. The van der Waals surface area contributed by atoms with Gasteiger partial charge in [0, 0.05) is 23.7 Å². The van der Waals surface area contributed by atoms with E-state index in [4.69, 9.17) is 27.6 Å². The van der Waals surface area contributed by atoms with E-state index in [2.05, 4.69) is 12.0 Å². The molecule has 0 spiro atoms. The molecule has 0 atom stereocenters. The molecule has 2 aromatic heterocycles. The predicted molar refractivity (Wildman–Crippen MR) is 111 cm³/mol. The van der Waals surface area contributed by atoms with Crippen LogP contribution >= 0.6 is 23.2 Å². The molecule has 28 heavy (non-hydrogen) atoms. The van der Waals surface area contributed by atoms with Gasteiger partial charge in [-0.15, -0.1) is 0 Å². The quantitative estimate of drug-likeness (QED) is 0.508. The molecule has 2 heterocycles. The second-order valence-electron chi connectivity index (χ2n) is 7.50. The third-order valence-electron chi connectivity index (χ3n) is 5.17. The van der Waals surface area contributed by atoms with E-state index in [1.54, 1.807) is 16.6 Å². The highest BCUT2D eigenvalue weighted by molar-refractivity contribution is 6.36. The van der Waals surface area contributed by atoms with E-state index < -0.39 is 0 Å². The van der Waals surface area contributed by atoms with E-state index in [1.807, 2.05) is 24.8 Å². The van der Waals surface area contributed by atoms with Crippen LogP contribution < -0.4 is 0 Å². The average Bonchev–Trinajstić information content (AvgIpc) is 3.33. The van der Waals surface area contributed by atoms with Gasteiger partial charge in [-0.2, -0.15) is 9.61 Å². The summed E-state index contributed by atoms with van der Waals surface area (Å²) in [6, 6.07) is 5.32. The molecular weight excluding hydrogens is 397 g/mol. The lowest BCUT2D eigenvalue weighted by molar-refractivity contribution is 0.0747. The van der Waals surface area contributed by atoms with Crippen LogP contribution in [0.5, 0.6) is 0 Å². The number of hydrogen-bond acceptors (Lipinski definition) is 3. The highest BCUT2D eigenvalue weighted by atomic mass is 35.5. The largest absolute Gasteiger partial charge is 0.440 e. The first-order chi connectivity index (χ1) is 13.4. The number of oxazole rings is 1. The summed E-state index contributed by atoms with van der Waals surface area (Å²) in [6.45, 7) is 7.33. The number of rotatable bonds is 6. The molecule has 1 aliphatic rings. The molecule has 1 fully saturated rings. The number of carbonyl (C=O) groups excluding carboxylic acids is 1. The predicted octanol–water partition coefficient (Wildman–Crippen LogP) is 5.78. The van der Waals surface area contributed by atoms with Gasteiger partial charge in [0.1, 0.15) is 17.0 Å². The second kappa shape index (κ2) is 7.45. The molecule has 7 heteroatoms. The molecule has 0 aliphatic heterocycles. The van der Waals surface area contributed by atoms with Crippen molar-refractivity contribution in [1.29, 1.82) is 0 Å². The molecule has 0 N–H and O–H groups in total. The second-order valence-corrected chi connectivity index (χ2v) is 8.35. The third kappa shape index (κ3) is 3.42. The lowest BCUT2D eigenvalue weighted by Crippen LogP contribution is -2.33. The molecule has 1 aliphatic carbocycles. The minimum Gasteiger partial charge on any atom is -0.440 e. The summed E-state index contributed by atoms with van der Waals surface area (Å²) in [5.41, 5.74) is 3.17. The van der Waals surface area contributed by atoms with Gasteiger partial charge in [0.05, 0.1) is 10.7 Å². The summed E-state index contributed by atoms with van der Waals surface area (Å²) in [5, 5.41) is 5.69. The van der Waals surface area contributed by atoms with E-state index in [0.717, 1.165) is 30.8 Å². The first-order valence-electron chi connectivity index (χ1n) is 9.64. The molecule has 0 bridgehead atoms. The summed E-state index contributed by atoms with van der Waals surface area (Å²) in [7, 11) is 0. The van der Waals surface area contributed by atoms with Crippen LogP contribution in [0.4, 0.5) is 0 Å². The zero-order valence-electron chi connectivity index (χ0n) is 16.3. The van der Waals surface area contributed by atoms with Crippen LogP contribution in [0.1, 0.15) is 48.0 Å². The van der Waals surface area contributed by atoms with Crippen molar-refractivity contribution >= 4 is 34.8 Å². The van der Waals surface area contributed by atoms with Crippen LogP contribution in [0.2, 0.25) is 10.0 Å². The maximum Gasteiger partial charge on any atom is 0.261 e. The number of nitrogens with zero attached hydrogens (tertiary/aromatic N) is 3.